The van der Waals surface area contributed by atoms with Crippen LogP contribution in [0.2, 0.25) is 0 Å². The van der Waals surface area contributed by atoms with Gasteiger partial charge in [0.2, 0.25) is 0 Å². The SMILES string of the molecule is c1ccc(-n2c3ccccc3c3cc(-c4ccc5oc6ccc(-n7c8ccccc8c8cc(-c9ccc%10sc%11ccccc%11c%10c9)ccc87)cc6c5c4)ccc32)cc1. The number of benzene rings is 9. The van der Waals surface area contributed by atoms with Crippen molar-refractivity contribution in [2.75, 3.05) is 0 Å². The van der Waals surface area contributed by atoms with Crippen LogP contribution in [-0.2, 0) is 0 Å². The minimum absolute atomic E-state index is 0.886. The summed E-state index contributed by atoms with van der Waals surface area (Å²) in [5, 5.41) is 9.84. The number of hydrogen-bond donors (Lipinski definition) is 0. The van der Waals surface area contributed by atoms with Crippen molar-refractivity contribution in [1.82, 2.24) is 9.13 Å². The number of furan rings is 1. The maximum absolute atomic E-state index is 6.48. The van der Waals surface area contributed by atoms with Crippen LogP contribution < -0.4 is 0 Å². The molecule has 4 heterocycles. The van der Waals surface area contributed by atoms with Gasteiger partial charge in [-0.25, -0.2) is 0 Å². The first kappa shape index (κ1) is 31.8. The Morgan fingerprint density at radius 3 is 1.45 bits per heavy atom. The summed E-state index contributed by atoms with van der Waals surface area (Å²) in [6, 6.07) is 70.8. The molecule has 0 N–H and O–H groups in total. The topological polar surface area (TPSA) is 23.0 Å². The van der Waals surface area contributed by atoms with E-state index in [0.29, 0.717) is 0 Å². The Morgan fingerprint density at radius 2 is 0.759 bits per heavy atom. The molecule has 13 rings (SSSR count). The molecule has 270 valence electrons. The average molecular weight is 757 g/mol. The largest absolute Gasteiger partial charge is 0.456 e. The van der Waals surface area contributed by atoms with Crippen LogP contribution in [0.5, 0.6) is 0 Å². The van der Waals surface area contributed by atoms with Gasteiger partial charge in [0.05, 0.1) is 22.1 Å². The summed E-state index contributed by atoms with van der Waals surface area (Å²) in [5.41, 5.74) is 13.6. The van der Waals surface area contributed by atoms with E-state index in [9.17, 15) is 0 Å². The van der Waals surface area contributed by atoms with E-state index in [1.165, 1.54) is 80.5 Å². The molecule has 0 amide bonds. The van der Waals surface area contributed by atoms with Crippen molar-refractivity contribution in [1.29, 1.82) is 0 Å². The Balaban J connectivity index is 0.945. The lowest BCUT2D eigenvalue weighted by Gasteiger charge is -2.09. The Kier molecular flexibility index (Phi) is 6.60. The third kappa shape index (κ3) is 4.61. The molecule has 0 saturated carbocycles. The third-order valence-electron chi connectivity index (χ3n) is 12.1. The van der Waals surface area contributed by atoms with Gasteiger partial charge in [-0.05, 0) is 119 Å². The standard InChI is InChI=1S/C54H32N2OS/c1-2-10-37(11-3-1)55-47-15-7-4-12-39(47)42-28-33(18-23-49(42)55)35-20-25-51-44(30-35)45-32-38(22-26-52(45)57-51)56-48-16-8-5-13-40(48)43-29-34(19-24-50(43)56)36-21-27-54-46(31-36)41-14-6-9-17-53(41)58-54/h1-32H. The van der Waals surface area contributed by atoms with Crippen molar-refractivity contribution in [2.45, 2.75) is 0 Å². The number of rotatable bonds is 4. The van der Waals surface area contributed by atoms with E-state index < -0.39 is 0 Å². The van der Waals surface area contributed by atoms with Gasteiger partial charge in [0.15, 0.2) is 0 Å². The van der Waals surface area contributed by atoms with E-state index in [-0.39, 0.29) is 0 Å². The zero-order valence-electron chi connectivity index (χ0n) is 31.2. The van der Waals surface area contributed by atoms with Crippen molar-refractivity contribution in [3.8, 4) is 33.6 Å². The van der Waals surface area contributed by atoms with Gasteiger partial charge >= 0.3 is 0 Å². The molecule has 4 heteroatoms. The molecule has 0 aliphatic rings. The minimum atomic E-state index is 0.886. The van der Waals surface area contributed by atoms with Crippen LogP contribution in [0.15, 0.2) is 199 Å². The zero-order valence-corrected chi connectivity index (χ0v) is 32.0. The molecular formula is C54H32N2OS. The van der Waals surface area contributed by atoms with Crippen LogP contribution >= 0.6 is 11.3 Å². The number of fused-ring (bicyclic) bond motifs is 12. The summed E-state index contributed by atoms with van der Waals surface area (Å²) < 4.78 is 13.9. The lowest BCUT2D eigenvalue weighted by atomic mass is 10.0. The predicted molar refractivity (Wildman–Crippen MR) is 246 cm³/mol. The molecule has 13 aromatic rings. The number of thiophene rings is 1. The summed E-state index contributed by atoms with van der Waals surface area (Å²) >= 11 is 1.86. The second-order valence-electron chi connectivity index (χ2n) is 15.3. The van der Waals surface area contributed by atoms with Crippen LogP contribution in [0.4, 0.5) is 0 Å². The molecule has 58 heavy (non-hydrogen) atoms. The van der Waals surface area contributed by atoms with Crippen molar-refractivity contribution < 1.29 is 4.42 Å². The monoisotopic (exact) mass is 756 g/mol. The van der Waals surface area contributed by atoms with E-state index >= 15 is 0 Å². The van der Waals surface area contributed by atoms with Crippen LogP contribution in [0, 0.1) is 0 Å². The highest BCUT2D eigenvalue weighted by Gasteiger charge is 2.18. The number of aromatic nitrogens is 2. The van der Waals surface area contributed by atoms with Gasteiger partial charge in [0.1, 0.15) is 11.2 Å². The molecule has 0 radical (unpaired) electrons. The fourth-order valence-electron chi connectivity index (χ4n) is 9.43. The highest BCUT2D eigenvalue weighted by molar-refractivity contribution is 7.25. The summed E-state index contributed by atoms with van der Waals surface area (Å²) in [6.45, 7) is 0. The number of nitrogens with zero attached hydrogens (tertiary/aromatic N) is 2. The smallest absolute Gasteiger partial charge is 0.135 e. The molecule has 0 bridgehead atoms. The maximum atomic E-state index is 6.48. The van der Waals surface area contributed by atoms with Gasteiger partial charge in [-0.1, -0.05) is 97.1 Å². The van der Waals surface area contributed by atoms with Crippen LogP contribution in [-0.4, -0.2) is 9.13 Å². The molecule has 0 spiro atoms. The van der Waals surface area contributed by atoms with Crippen LogP contribution in [0.25, 0.3) is 119 Å². The van der Waals surface area contributed by atoms with Gasteiger partial charge in [-0.15, -0.1) is 11.3 Å². The lowest BCUT2D eigenvalue weighted by molar-refractivity contribution is 0.669. The molecule has 0 aliphatic carbocycles. The van der Waals surface area contributed by atoms with E-state index in [4.69, 9.17) is 4.42 Å². The number of hydrogen-bond acceptors (Lipinski definition) is 2. The fourth-order valence-corrected chi connectivity index (χ4v) is 10.5. The number of para-hydroxylation sites is 3. The Labute approximate surface area is 336 Å². The van der Waals surface area contributed by atoms with Crippen molar-refractivity contribution >= 4 is 97.1 Å². The molecule has 0 unspecified atom stereocenters. The molecule has 3 nitrogen and oxygen atoms in total. The molecule has 4 aromatic heterocycles. The molecule has 9 aromatic carbocycles. The van der Waals surface area contributed by atoms with Gasteiger partial charge in [0, 0.05) is 63.9 Å². The second-order valence-corrected chi connectivity index (χ2v) is 16.4. The van der Waals surface area contributed by atoms with Gasteiger partial charge in [0.25, 0.3) is 0 Å². The third-order valence-corrected chi connectivity index (χ3v) is 13.3. The Morgan fingerprint density at radius 1 is 0.293 bits per heavy atom. The molecule has 0 aliphatic heterocycles. The first-order valence-corrected chi connectivity index (χ1v) is 20.6. The first-order chi connectivity index (χ1) is 28.7. The van der Waals surface area contributed by atoms with Gasteiger partial charge in [-0.3, -0.25) is 0 Å². The minimum Gasteiger partial charge on any atom is -0.456 e. The Hall–Kier alpha value is -7.40. The van der Waals surface area contributed by atoms with Gasteiger partial charge < -0.3 is 13.6 Å². The molecule has 0 fully saturated rings. The predicted octanol–water partition coefficient (Wildman–Crippen LogP) is 15.5. The quantitative estimate of drug-likeness (QED) is 0.175. The molecule has 0 atom stereocenters. The van der Waals surface area contributed by atoms with E-state index in [0.717, 1.165) is 38.9 Å². The lowest BCUT2D eigenvalue weighted by Crippen LogP contribution is -1.93. The Bertz CT molecular complexity index is 3800. The zero-order chi connectivity index (χ0) is 37.9. The molecule has 0 saturated heterocycles. The fraction of sp³-hybridized carbons (Fsp3) is 0. The second kappa shape index (κ2) is 12.1. The summed E-state index contributed by atoms with van der Waals surface area (Å²) in [4.78, 5) is 0. The molecular weight excluding hydrogens is 725 g/mol. The maximum Gasteiger partial charge on any atom is 0.135 e. The summed E-state index contributed by atoms with van der Waals surface area (Å²) in [5.74, 6) is 0. The van der Waals surface area contributed by atoms with Gasteiger partial charge in [-0.2, -0.15) is 0 Å². The first-order valence-electron chi connectivity index (χ1n) is 19.7. The summed E-state index contributed by atoms with van der Waals surface area (Å²) in [6.07, 6.45) is 0. The highest BCUT2D eigenvalue weighted by Crippen LogP contribution is 2.41. The van der Waals surface area contributed by atoms with Crippen LogP contribution in [0.1, 0.15) is 0 Å². The van der Waals surface area contributed by atoms with E-state index in [1.807, 2.05) is 11.3 Å². The van der Waals surface area contributed by atoms with E-state index in [2.05, 4.69) is 203 Å². The van der Waals surface area contributed by atoms with Crippen molar-refractivity contribution in [2.24, 2.45) is 0 Å². The highest BCUT2D eigenvalue weighted by atomic mass is 32.1. The van der Waals surface area contributed by atoms with Crippen molar-refractivity contribution in [3.63, 3.8) is 0 Å². The van der Waals surface area contributed by atoms with Crippen LogP contribution in [0.3, 0.4) is 0 Å². The normalized spacial score (nSPS) is 12.1. The average Bonchev–Trinajstić information content (AvgIpc) is 4.03. The summed E-state index contributed by atoms with van der Waals surface area (Å²) in [7, 11) is 0. The van der Waals surface area contributed by atoms with Crippen molar-refractivity contribution in [3.05, 3.63) is 194 Å². The van der Waals surface area contributed by atoms with E-state index in [1.54, 1.807) is 0 Å².